The molecule has 0 radical (unpaired) electrons. The van der Waals surface area contributed by atoms with Gasteiger partial charge in [-0.25, -0.2) is 4.98 Å². The molecule has 0 aliphatic rings. The molecule has 0 spiro atoms. The third-order valence-corrected chi connectivity index (χ3v) is 3.57. The molecule has 0 saturated carbocycles. The summed E-state index contributed by atoms with van der Waals surface area (Å²) in [6.07, 6.45) is 4.83. The maximum absolute atomic E-state index is 12.0. The van der Waals surface area contributed by atoms with Crippen molar-refractivity contribution >= 4 is 21.8 Å². The molecule has 0 fully saturated rings. The number of carbonyl (C=O) groups excluding carboxylic acids is 1. The van der Waals surface area contributed by atoms with Crippen molar-refractivity contribution in [3.63, 3.8) is 0 Å². The van der Waals surface area contributed by atoms with Gasteiger partial charge in [-0.1, -0.05) is 46.1 Å². The summed E-state index contributed by atoms with van der Waals surface area (Å²) >= 11 is 3.27. The van der Waals surface area contributed by atoms with Crippen LogP contribution >= 0.6 is 15.9 Å². The number of pyridine rings is 1. The van der Waals surface area contributed by atoms with E-state index in [9.17, 15) is 4.79 Å². The number of hydrogen-bond acceptors (Lipinski definition) is 2. The number of rotatable bonds is 7. The van der Waals surface area contributed by atoms with Gasteiger partial charge in [0.15, 0.2) is 0 Å². The van der Waals surface area contributed by atoms with Crippen LogP contribution in [0.4, 0.5) is 0 Å². The van der Waals surface area contributed by atoms with Crippen LogP contribution < -0.4 is 5.32 Å². The van der Waals surface area contributed by atoms with Crippen molar-refractivity contribution in [2.75, 3.05) is 6.54 Å². The summed E-state index contributed by atoms with van der Waals surface area (Å²) in [5.74, 6) is -0.107. The lowest BCUT2D eigenvalue weighted by atomic mass is 9.87. The van der Waals surface area contributed by atoms with E-state index in [1.165, 1.54) is 19.3 Å². The fourth-order valence-electron chi connectivity index (χ4n) is 1.89. The number of unbranched alkanes of at least 4 members (excludes halogenated alkanes) is 2. The topological polar surface area (TPSA) is 42.0 Å². The molecular weight excluding hydrogens is 304 g/mol. The molecule has 4 heteroatoms. The van der Waals surface area contributed by atoms with E-state index in [0.29, 0.717) is 16.8 Å². The van der Waals surface area contributed by atoms with E-state index >= 15 is 0 Å². The van der Waals surface area contributed by atoms with Gasteiger partial charge >= 0.3 is 0 Å². The van der Waals surface area contributed by atoms with Crippen molar-refractivity contribution in [2.24, 2.45) is 5.41 Å². The van der Waals surface area contributed by atoms with Gasteiger partial charge in [0, 0.05) is 6.54 Å². The highest BCUT2D eigenvalue weighted by Crippen LogP contribution is 2.22. The maximum atomic E-state index is 12.0. The van der Waals surface area contributed by atoms with E-state index in [1.54, 1.807) is 6.07 Å². The molecule has 0 saturated heterocycles. The van der Waals surface area contributed by atoms with Crippen LogP contribution in [-0.2, 0) is 0 Å². The molecule has 1 aromatic rings. The van der Waals surface area contributed by atoms with Crippen LogP contribution in [0.15, 0.2) is 22.8 Å². The number of nitrogens with one attached hydrogen (secondary N) is 1. The average molecular weight is 327 g/mol. The van der Waals surface area contributed by atoms with Crippen molar-refractivity contribution in [1.29, 1.82) is 0 Å². The third kappa shape index (κ3) is 6.19. The zero-order chi connectivity index (χ0) is 14.3. The van der Waals surface area contributed by atoms with Crippen molar-refractivity contribution in [2.45, 2.75) is 46.5 Å². The van der Waals surface area contributed by atoms with Gasteiger partial charge in [0.25, 0.3) is 5.91 Å². The zero-order valence-electron chi connectivity index (χ0n) is 12.0. The summed E-state index contributed by atoms with van der Waals surface area (Å²) in [6, 6.07) is 5.36. The van der Waals surface area contributed by atoms with E-state index in [0.717, 1.165) is 6.42 Å². The second kappa shape index (κ2) is 7.63. The van der Waals surface area contributed by atoms with E-state index in [4.69, 9.17) is 0 Å². The molecule has 0 aliphatic heterocycles. The van der Waals surface area contributed by atoms with Gasteiger partial charge in [0.2, 0.25) is 0 Å². The summed E-state index contributed by atoms with van der Waals surface area (Å²) in [5.41, 5.74) is 0.593. The van der Waals surface area contributed by atoms with Gasteiger partial charge in [-0.15, -0.1) is 0 Å². The summed E-state index contributed by atoms with van der Waals surface area (Å²) in [7, 11) is 0. The Bertz CT molecular complexity index is 418. The summed E-state index contributed by atoms with van der Waals surface area (Å²) < 4.78 is 0.683. The molecule has 1 amide bonds. The molecule has 0 bridgehead atoms. The minimum Gasteiger partial charge on any atom is -0.350 e. The average Bonchev–Trinajstić information content (AvgIpc) is 2.36. The largest absolute Gasteiger partial charge is 0.350 e. The minimum atomic E-state index is -0.107. The van der Waals surface area contributed by atoms with Crippen LogP contribution in [0.25, 0.3) is 0 Å². The number of aromatic nitrogens is 1. The Balaban J connectivity index is 2.45. The Morgan fingerprint density at radius 3 is 2.74 bits per heavy atom. The van der Waals surface area contributed by atoms with Gasteiger partial charge < -0.3 is 5.32 Å². The van der Waals surface area contributed by atoms with Crippen LogP contribution in [0, 0.1) is 5.41 Å². The molecular formula is C15H23BrN2O. The fourth-order valence-corrected chi connectivity index (χ4v) is 2.23. The van der Waals surface area contributed by atoms with E-state index in [2.05, 4.69) is 47.0 Å². The number of hydrogen-bond donors (Lipinski definition) is 1. The monoisotopic (exact) mass is 326 g/mol. The van der Waals surface area contributed by atoms with Gasteiger partial charge in [-0.2, -0.15) is 0 Å². The Labute approximate surface area is 124 Å². The van der Waals surface area contributed by atoms with Crippen molar-refractivity contribution in [3.05, 3.63) is 28.5 Å². The van der Waals surface area contributed by atoms with Crippen molar-refractivity contribution in [1.82, 2.24) is 10.3 Å². The molecule has 1 aromatic heterocycles. The third-order valence-electron chi connectivity index (χ3n) is 3.13. The summed E-state index contributed by atoms with van der Waals surface area (Å²) in [4.78, 5) is 16.1. The van der Waals surface area contributed by atoms with Crippen molar-refractivity contribution in [3.8, 4) is 0 Å². The highest BCUT2D eigenvalue weighted by Gasteiger charge is 2.19. The lowest BCUT2D eigenvalue weighted by Gasteiger charge is -2.24. The molecule has 3 nitrogen and oxygen atoms in total. The first kappa shape index (κ1) is 16.2. The van der Waals surface area contributed by atoms with Crippen LogP contribution in [-0.4, -0.2) is 17.4 Å². The van der Waals surface area contributed by atoms with Gasteiger partial charge in [0.05, 0.1) is 0 Å². The van der Waals surface area contributed by atoms with Crippen LogP contribution in [0.2, 0.25) is 0 Å². The van der Waals surface area contributed by atoms with E-state index < -0.39 is 0 Å². The smallest absolute Gasteiger partial charge is 0.269 e. The zero-order valence-corrected chi connectivity index (χ0v) is 13.6. The Hall–Kier alpha value is -0.900. The first-order chi connectivity index (χ1) is 8.94. The molecule has 0 unspecified atom stereocenters. The number of halogens is 1. The highest BCUT2D eigenvalue weighted by molar-refractivity contribution is 9.10. The normalized spacial score (nSPS) is 11.4. The molecule has 106 valence electrons. The predicted octanol–water partition coefficient (Wildman–Crippen LogP) is 4.18. The van der Waals surface area contributed by atoms with Crippen molar-refractivity contribution < 1.29 is 4.79 Å². The number of carbonyl (C=O) groups is 1. The summed E-state index contributed by atoms with van der Waals surface area (Å²) in [5, 5.41) is 2.97. The van der Waals surface area contributed by atoms with Gasteiger partial charge in [-0.3, -0.25) is 4.79 Å². The first-order valence-corrected chi connectivity index (χ1v) is 7.65. The molecule has 0 aromatic carbocycles. The molecule has 0 aliphatic carbocycles. The van der Waals surface area contributed by atoms with Gasteiger partial charge in [-0.05, 0) is 39.9 Å². The molecule has 1 heterocycles. The second-order valence-corrected chi connectivity index (χ2v) is 6.46. The Morgan fingerprint density at radius 1 is 1.37 bits per heavy atom. The van der Waals surface area contributed by atoms with Crippen LogP contribution in [0.5, 0.6) is 0 Å². The highest BCUT2D eigenvalue weighted by atomic mass is 79.9. The lowest BCUT2D eigenvalue weighted by molar-refractivity contribution is 0.0929. The summed E-state index contributed by atoms with van der Waals surface area (Å²) in [6.45, 7) is 7.27. The van der Waals surface area contributed by atoms with Crippen LogP contribution in [0.3, 0.4) is 0 Å². The number of amides is 1. The Kier molecular flexibility index (Phi) is 6.49. The number of nitrogens with zero attached hydrogens (tertiary/aromatic N) is 1. The Morgan fingerprint density at radius 2 is 2.11 bits per heavy atom. The van der Waals surface area contributed by atoms with E-state index in [-0.39, 0.29) is 11.3 Å². The molecule has 1 rings (SSSR count). The van der Waals surface area contributed by atoms with Crippen LogP contribution in [0.1, 0.15) is 56.9 Å². The SMILES string of the molecule is CCCCCC(C)(C)CNC(=O)c1cccc(Br)n1. The standard InChI is InChI=1S/C15H23BrN2O/c1-4-5-6-10-15(2,3)11-17-14(19)12-8-7-9-13(16)18-12/h7-9H,4-6,10-11H2,1-3H3,(H,17,19). The maximum Gasteiger partial charge on any atom is 0.269 e. The van der Waals surface area contributed by atoms with E-state index in [1.807, 2.05) is 12.1 Å². The van der Waals surface area contributed by atoms with Gasteiger partial charge in [0.1, 0.15) is 10.3 Å². The fraction of sp³-hybridized carbons (Fsp3) is 0.600. The second-order valence-electron chi connectivity index (χ2n) is 5.65. The minimum absolute atomic E-state index is 0.107. The molecule has 19 heavy (non-hydrogen) atoms. The molecule has 1 N–H and O–H groups in total. The first-order valence-electron chi connectivity index (χ1n) is 6.85. The predicted molar refractivity (Wildman–Crippen MR) is 82.2 cm³/mol. The lowest BCUT2D eigenvalue weighted by Crippen LogP contribution is -2.34. The quantitative estimate of drug-likeness (QED) is 0.603. The molecule has 0 atom stereocenters.